The van der Waals surface area contributed by atoms with Crippen molar-refractivity contribution in [2.45, 2.75) is 11.8 Å². The van der Waals surface area contributed by atoms with Crippen molar-refractivity contribution in [1.29, 1.82) is 0 Å². The van der Waals surface area contributed by atoms with Gasteiger partial charge in [0.05, 0.1) is 4.90 Å². The Kier molecular flexibility index (Phi) is 2.92. The van der Waals surface area contributed by atoms with Crippen molar-refractivity contribution in [3.8, 4) is 5.69 Å². The number of hydrogen-bond donors (Lipinski definition) is 1. The molecule has 0 aliphatic rings. The van der Waals surface area contributed by atoms with E-state index in [2.05, 4.69) is 4.98 Å². The first kappa shape index (κ1) is 12.1. The first-order valence-corrected chi connectivity index (χ1v) is 7.27. The maximum atomic E-state index is 11.3. The molecule has 0 atom stereocenters. The van der Waals surface area contributed by atoms with Gasteiger partial charge in [-0.3, -0.25) is 4.57 Å². The molecule has 0 radical (unpaired) electrons. The molecule has 4 nitrogen and oxygen atoms in total. The van der Waals surface area contributed by atoms with E-state index in [1.165, 1.54) is 6.26 Å². The Balaban J connectivity index is 2.54. The van der Waals surface area contributed by atoms with E-state index in [4.69, 9.17) is 12.2 Å². The SMILES string of the molecule is Cc1c[nH]c(=S)n1-c1ccc(S(C)(=O)=O)cc1. The lowest BCUT2D eigenvalue weighted by Gasteiger charge is -2.06. The molecule has 0 amide bonds. The van der Waals surface area contributed by atoms with Crippen LogP contribution in [0.3, 0.4) is 0 Å². The maximum absolute atomic E-state index is 11.3. The Morgan fingerprint density at radius 2 is 1.82 bits per heavy atom. The molecule has 1 aromatic heterocycles. The molecule has 90 valence electrons. The normalized spacial score (nSPS) is 11.6. The Morgan fingerprint density at radius 3 is 2.24 bits per heavy atom. The fourth-order valence-corrected chi connectivity index (χ4v) is 2.56. The summed E-state index contributed by atoms with van der Waals surface area (Å²) in [6.07, 6.45) is 3.00. The predicted molar refractivity (Wildman–Crippen MR) is 68.8 cm³/mol. The summed E-state index contributed by atoms with van der Waals surface area (Å²) >= 11 is 5.15. The number of benzene rings is 1. The van der Waals surface area contributed by atoms with Crippen LogP contribution in [0, 0.1) is 11.7 Å². The molecule has 17 heavy (non-hydrogen) atoms. The average Bonchev–Trinajstić information content (AvgIpc) is 2.58. The summed E-state index contributed by atoms with van der Waals surface area (Å²) in [6.45, 7) is 1.93. The molecule has 0 aliphatic carbocycles. The fraction of sp³-hybridized carbons (Fsp3) is 0.182. The van der Waals surface area contributed by atoms with Gasteiger partial charge in [-0.1, -0.05) is 0 Å². The van der Waals surface area contributed by atoms with Crippen LogP contribution in [0.15, 0.2) is 35.4 Å². The minimum Gasteiger partial charge on any atom is -0.337 e. The number of sulfone groups is 1. The van der Waals surface area contributed by atoms with Crippen LogP contribution in [0.5, 0.6) is 0 Å². The molecule has 0 saturated heterocycles. The molecule has 1 aromatic carbocycles. The van der Waals surface area contributed by atoms with Crippen molar-refractivity contribution in [3.05, 3.63) is 40.9 Å². The number of imidazole rings is 1. The van der Waals surface area contributed by atoms with E-state index in [0.717, 1.165) is 11.4 Å². The zero-order valence-electron chi connectivity index (χ0n) is 9.47. The zero-order valence-corrected chi connectivity index (χ0v) is 11.1. The Labute approximate surface area is 105 Å². The van der Waals surface area contributed by atoms with Crippen LogP contribution in [-0.2, 0) is 9.84 Å². The van der Waals surface area contributed by atoms with Gasteiger partial charge in [-0.25, -0.2) is 8.42 Å². The second-order valence-corrected chi connectivity index (χ2v) is 6.24. The molecule has 2 rings (SSSR count). The van der Waals surface area contributed by atoms with Crippen LogP contribution in [0.4, 0.5) is 0 Å². The van der Waals surface area contributed by atoms with Crippen LogP contribution in [-0.4, -0.2) is 24.2 Å². The summed E-state index contributed by atoms with van der Waals surface area (Å²) in [5, 5.41) is 0. The largest absolute Gasteiger partial charge is 0.337 e. The number of aryl methyl sites for hydroxylation is 1. The van der Waals surface area contributed by atoms with Crippen molar-refractivity contribution in [3.63, 3.8) is 0 Å². The van der Waals surface area contributed by atoms with E-state index in [9.17, 15) is 8.42 Å². The molecule has 2 aromatic rings. The van der Waals surface area contributed by atoms with E-state index < -0.39 is 9.84 Å². The van der Waals surface area contributed by atoms with E-state index in [0.29, 0.717) is 9.67 Å². The molecule has 0 spiro atoms. The summed E-state index contributed by atoms with van der Waals surface area (Å²) in [5.41, 5.74) is 1.82. The highest BCUT2D eigenvalue weighted by atomic mass is 32.2. The van der Waals surface area contributed by atoms with Crippen LogP contribution < -0.4 is 0 Å². The maximum Gasteiger partial charge on any atom is 0.182 e. The van der Waals surface area contributed by atoms with Crippen LogP contribution in [0.25, 0.3) is 5.69 Å². The number of H-pyrrole nitrogens is 1. The van der Waals surface area contributed by atoms with Gasteiger partial charge in [0, 0.05) is 23.8 Å². The first-order chi connectivity index (χ1) is 7.89. The monoisotopic (exact) mass is 268 g/mol. The van der Waals surface area contributed by atoms with Crippen LogP contribution >= 0.6 is 12.2 Å². The lowest BCUT2D eigenvalue weighted by atomic mass is 10.3. The second-order valence-electron chi connectivity index (χ2n) is 3.84. The lowest BCUT2D eigenvalue weighted by molar-refractivity contribution is 0.602. The van der Waals surface area contributed by atoms with E-state index in [1.54, 1.807) is 24.3 Å². The predicted octanol–water partition coefficient (Wildman–Crippen LogP) is 2.25. The molecule has 6 heteroatoms. The quantitative estimate of drug-likeness (QED) is 0.850. The molecular weight excluding hydrogens is 256 g/mol. The minimum atomic E-state index is -3.15. The van der Waals surface area contributed by atoms with Gasteiger partial charge in [0.25, 0.3) is 0 Å². The fourth-order valence-electron chi connectivity index (χ4n) is 1.62. The summed E-state index contributed by atoms with van der Waals surface area (Å²) in [7, 11) is -3.15. The molecule has 0 aliphatic heterocycles. The van der Waals surface area contributed by atoms with E-state index in [1.807, 2.05) is 17.7 Å². The highest BCUT2D eigenvalue weighted by molar-refractivity contribution is 7.90. The Morgan fingerprint density at radius 1 is 1.24 bits per heavy atom. The van der Waals surface area contributed by atoms with Crippen molar-refractivity contribution < 1.29 is 8.42 Å². The highest BCUT2D eigenvalue weighted by Gasteiger charge is 2.07. The number of nitrogens with one attached hydrogen (secondary N) is 1. The van der Waals surface area contributed by atoms with Gasteiger partial charge in [0.15, 0.2) is 14.6 Å². The standard InChI is InChI=1S/C11H12N2O2S2/c1-8-7-12-11(16)13(8)9-3-5-10(6-4-9)17(2,14)15/h3-7H,1-2H3,(H,12,16). The number of aromatic amines is 1. The summed E-state index contributed by atoms with van der Waals surface area (Å²) in [4.78, 5) is 3.25. The third-order valence-electron chi connectivity index (χ3n) is 2.48. The van der Waals surface area contributed by atoms with Crippen LogP contribution in [0.2, 0.25) is 0 Å². The van der Waals surface area contributed by atoms with Crippen LogP contribution in [0.1, 0.15) is 5.69 Å². The number of nitrogens with zero attached hydrogens (tertiary/aromatic N) is 1. The Bertz CT molecular complexity index is 694. The van der Waals surface area contributed by atoms with Gasteiger partial charge >= 0.3 is 0 Å². The van der Waals surface area contributed by atoms with Crippen molar-refractivity contribution in [2.75, 3.05) is 6.26 Å². The van der Waals surface area contributed by atoms with E-state index in [-0.39, 0.29) is 0 Å². The zero-order chi connectivity index (χ0) is 12.6. The second kappa shape index (κ2) is 4.12. The minimum absolute atomic E-state index is 0.306. The average molecular weight is 268 g/mol. The summed E-state index contributed by atoms with van der Waals surface area (Å²) in [6, 6.07) is 6.65. The molecule has 0 fully saturated rings. The summed E-state index contributed by atoms with van der Waals surface area (Å²) < 4.78 is 25.1. The van der Waals surface area contributed by atoms with Gasteiger partial charge in [-0.15, -0.1) is 0 Å². The van der Waals surface area contributed by atoms with Gasteiger partial charge in [-0.2, -0.15) is 0 Å². The topological polar surface area (TPSA) is 54.9 Å². The number of aromatic nitrogens is 2. The molecule has 0 unspecified atom stereocenters. The van der Waals surface area contributed by atoms with Gasteiger partial charge in [0.1, 0.15) is 0 Å². The molecule has 1 heterocycles. The first-order valence-electron chi connectivity index (χ1n) is 4.97. The Hall–Kier alpha value is -1.40. The van der Waals surface area contributed by atoms with E-state index >= 15 is 0 Å². The third kappa shape index (κ3) is 2.32. The van der Waals surface area contributed by atoms with Crippen molar-refractivity contribution in [2.24, 2.45) is 0 Å². The molecule has 1 N–H and O–H groups in total. The number of hydrogen-bond acceptors (Lipinski definition) is 3. The molecular formula is C11H12N2O2S2. The molecule has 0 bridgehead atoms. The number of rotatable bonds is 2. The molecule has 0 saturated carbocycles. The summed E-state index contributed by atoms with van der Waals surface area (Å²) in [5.74, 6) is 0. The van der Waals surface area contributed by atoms with Crippen molar-refractivity contribution in [1.82, 2.24) is 9.55 Å². The highest BCUT2D eigenvalue weighted by Crippen LogP contribution is 2.15. The smallest absolute Gasteiger partial charge is 0.182 e. The van der Waals surface area contributed by atoms with Gasteiger partial charge in [-0.05, 0) is 43.4 Å². The van der Waals surface area contributed by atoms with Crippen molar-refractivity contribution >= 4 is 22.1 Å². The van der Waals surface area contributed by atoms with Gasteiger partial charge in [0.2, 0.25) is 0 Å². The lowest BCUT2D eigenvalue weighted by Crippen LogP contribution is -1.99. The third-order valence-corrected chi connectivity index (χ3v) is 3.91. The van der Waals surface area contributed by atoms with Gasteiger partial charge < -0.3 is 4.98 Å².